The molecule has 1 atom stereocenters. The van der Waals surface area contributed by atoms with E-state index in [1.165, 1.54) is 11.8 Å². The fourth-order valence-corrected chi connectivity index (χ4v) is 3.46. The number of esters is 1. The molecule has 8 nitrogen and oxygen atoms in total. The van der Waals surface area contributed by atoms with Crippen molar-refractivity contribution in [1.29, 1.82) is 0 Å². The van der Waals surface area contributed by atoms with E-state index in [1.807, 2.05) is 31.9 Å². The lowest BCUT2D eigenvalue weighted by Crippen LogP contribution is -2.49. The van der Waals surface area contributed by atoms with Gasteiger partial charge in [0.15, 0.2) is 5.16 Å². The van der Waals surface area contributed by atoms with Crippen LogP contribution >= 0.6 is 11.8 Å². The minimum Gasteiger partial charge on any atom is -0.462 e. The molecule has 0 spiro atoms. The van der Waals surface area contributed by atoms with Gasteiger partial charge in [0.2, 0.25) is 0 Å². The van der Waals surface area contributed by atoms with Gasteiger partial charge in [0.25, 0.3) is 0 Å². The molecule has 0 aromatic carbocycles. The number of amides is 1. The fourth-order valence-electron chi connectivity index (χ4n) is 3.06. The van der Waals surface area contributed by atoms with Crippen molar-refractivity contribution in [3.05, 3.63) is 11.3 Å². The Bertz CT molecular complexity index is 721. The lowest BCUT2D eigenvalue weighted by atomic mass is 10.0. The van der Waals surface area contributed by atoms with Crippen LogP contribution in [0.5, 0.6) is 0 Å². The molecule has 1 aliphatic rings. The second-order valence-corrected chi connectivity index (χ2v) is 8.42. The Hall–Kier alpha value is -2.03. The number of aromatic nitrogens is 2. The lowest BCUT2D eigenvalue weighted by molar-refractivity contribution is 0.0493. The van der Waals surface area contributed by atoms with Crippen molar-refractivity contribution >= 4 is 29.6 Å². The Morgan fingerprint density at radius 2 is 2.04 bits per heavy atom. The third kappa shape index (κ3) is 5.98. The summed E-state index contributed by atoms with van der Waals surface area (Å²) >= 11 is 1.42. The Labute approximate surface area is 170 Å². The summed E-state index contributed by atoms with van der Waals surface area (Å²) in [5, 5.41) is 3.52. The third-order valence-electron chi connectivity index (χ3n) is 4.15. The van der Waals surface area contributed by atoms with E-state index < -0.39 is 17.7 Å². The first kappa shape index (κ1) is 22.3. The normalized spacial score (nSPS) is 17.2. The highest BCUT2D eigenvalue weighted by molar-refractivity contribution is 7.98. The number of nitrogens with zero attached hydrogens (tertiary/aromatic N) is 3. The summed E-state index contributed by atoms with van der Waals surface area (Å²) in [6.45, 7) is 10.6. The standard InChI is InChI=1S/C19H30N4O4S/c1-7-26-16(24)14-12(2)20-17(28-6)22-15(14)23-10-8-9-13(11-23)21-18(25)27-19(3,4)5/h13H,7-11H2,1-6H3,(H,21,25)/t13-/m1/s1. The molecule has 0 bridgehead atoms. The van der Waals surface area contributed by atoms with Crippen LogP contribution in [0.15, 0.2) is 5.16 Å². The largest absolute Gasteiger partial charge is 0.462 e. The molecule has 156 valence electrons. The Balaban J connectivity index is 2.24. The number of aryl methyl sites for hydroxylation is 1. The summed E-state index contributed by atoms with van der Waals surface area (Å²) in [6.07, 6.45) is 3.16. The second-order valence-electron chi connectivity index (χ2n) is 7.65. The summed E-state index contributed by atoms with van der Waals surface area (Å²) in [6, 6.07) is -0.0911. The number of carbonyl (C=O) groups excluding carboxylic acids is 2. The highest BCUT2D eigenvalue weighted by Gasteiger charge is 2.29. The molecule has 0 radical (unpaired) electrons. The molecule has 0 saturated carbocycles. The molecule has 28 heavy (non-hydrogen) atoms. The van der Waals surface area contributed by atoms with Crippen LogP contribution in [0, 0.1) is 6.92 Å². The molecular weight excluding hydrogens is 380 g/mol. The van der Waals surface area contributed by atoms with Gasteiger partial charge in [-0.2, -0.15) is 0 Å². The van der Waals surface area contributed by atoms with Crippen LogP contribution in [-0.4, -0.2) is 59.6 Å². The first-order valence-electron chi connectivity index (χ1n) is 9.48. The number of piperidine rings is 1. The molecule has 2 heterocycles. The van der Waals surface area contributed by atoms with Gasteiger partial charge in [0.05, 0.1) is 12.3 Å². The molecule has 1 saturated heterocycles. The second kappa shape index (κ2) is 9.45. The van der Waals surface area contributed by atoms with E-state index in [0.717, 1.165) is 19.4 Å². The molecule has 1 fully saturated rings. The zero-order chi connectivity index (χ0) is 20.9. The third-order valence-corrected chi connectivity index (χ3v) is 4.70. The zero-order valence-corrected chi connectivity index (χ0v) is 18.3. The van der Waals surface area contributed by atoms with Crippen LogP contribution < -0.4 is 10.2 Å². The van der Waals surface area contributed by atoms with Crippen molar-refractivity contribution in [2.24, 2.45) is 0 Å². The minimum atomic E-state index is -0.549. The van der Waals surface area contributed by atoms with E-state index in [9.17, 15) is 9.59 Å². The molecule has 0 unspecified atom stereocenters. The topological polar surface area (TPSA) is 93.6 Å². The summed E-state index contributed by atoms with van der Waals surface area (Å²) in [7, 11) is 0. The summed E-state index contributed by atoms with van der Waals surface area (Å²) in [4.78, 5) is 35.6. The van der Waals surface area contributed by atoms with Crippen molar-refractivity contribution < 1.29 is 19.1 Å². The van der Waals surface area contributed by atoms with Crippen molar-refractivity contribution in [2.75, 3.05) is 30.9 Å². The van der Waals surface area contributed by atoms with Crippen molar-refractivity contribution in [3.8, 4) is 0 Å². The number of hydrogen-bond acceptors (Lipinski definition) is 8. The van der Waals surface area contributed by atoms with E-state index in [4.69, 9.17) is 9.47 Å². The highest BCUT2D eigenvalue weighted by atomic mass is 32.2. The first-order chi connectivity index (χ1) is 13.1. The van der Waals surface area contributed by atoms with E-state index in [2.05, 4.69) is 15.3 Å². The smallest absolute Gasteiger partial charge is 0.407 e. The van der Waals surface area contributed by atoms with Crippen LogP contribution in [0.2, 0.25) is 0 Å². The maximum atomic E-state index is 12.5. The number of ether oxygens (including phenoxy) is 2. The van der Waals surface area contributed by atoms with Crippen LogP contribution in [-0.2, 0) is 9.47 Å². The van der Waals surface area contributed by atoms with Gasteiger partial charge in [0, 0.05) is 19.1 Å². The van der Waals surface area contributed by atoms with Crippen LogP contribution in [0.1, 0.15) is 56.6 Å². The quantitative estimate of drug-likeness (QED) is 0.449. The lowest BCUT2D eigenvalue weighted by Gasteiger charge is -2.35. The predicted molar refractivity (Wildman–Crippen MR) is 109 cm³/mol. The number of thioether (sulfide) groups is 1. The Morgan fingerprint density at radius 1 is 1.32 bits per heavy atom. The molecule has 1 aliphatic heterocycles. The number of carbonyl (C=O) groups is 2. The number of alkyl carbamates (subject to hydrolysis) is 1. The molecule has 1 aromatic rings. The van der Waals surface area contributed by atoms with Gasteiger partial charge in [-0.25, -0.2) is 19.6 Å². The van der Waals surface area contributed by atoms with E-state index in [-0.39, 0.29) is 12.6 Å². The van der Waals surface area contributed by atoms with Gasteiger partial charge in [-0.05, 0) is 53.7 Å². The molecule has 1 N–H and O–H groups in total. The van der Waals surface area contributed by atoms with Crippen LogP contribution in [0.25, 0.3) is 0 Å². The molecular formula is C19H30N4O4S. The maximum absolute atomic E-state index is 12.5. The van der Waals surface area contributed by atoms with Gasteiger partial charge < -0.3 is 19.7 Å². The average Bonchev–Trinajstić information content (AvgIpc) is 2.59. The Morgan fingerprint density at radius 3 is 2.64 bits per heavy atom. The van der Waals surface area contributed by atoms with Crippen LogP contribution in [0.3, 0.4) is 0 Å². The molecule has 2 rings (SSSR count). The summed E-state index contributed by atoms with van der Waals surface area (Å²) in [5.41, 5.74) is 0.430. The highest BCUT2D eigenvalue weighted by Crippen LogP contribution is 2.27. The number of rotatable bonds is 5. The first-order valence-corrected chi connectivity index (χ1v) is 10.7. The van der Waals surface area contributed by atoms with Gasteiger partial charge in [-0.15, -0.1) is 0 Å². The Kier molecular flexibility index (Phi) is 7.51. The van der Waals surface area contributed by atoms with Crippen molar-refractivity contribution in [1.82, 2.24) is 15.3 Å². The summed E-state index contributed by atoms with van der Waals surface area (Å²) < 4.78 is 10.6. The molecule has 1 amide bonds. The van der Waals surface area contributed by atoms with Gasteiger partial charge in [0.1, 0.15) is 17.0 Å². The van der Waals surface area contributed by atoms with E-state index in [1.54, 1.807) is 13.8 Å². The predicted octanol–water partition coefficient (Wildman–Crippen LogP) is 3.18. The minimum absolute atomic E-state index is 0.0911. The van der Waals surface area contributed by atoms with Crippen molar-refractivity contribution in [3.63, 3.8) is 0 Å². The fraction of sp³-hybridized carbons (Fsp3) is 0.684. The van der Waals surface area contributed by atoms with E-state index in [0.29, 0.717) is 28.8 Å². The number of hydrogen-bond donors (Lipinski definition) is 1. The number of nitrogens with one attached hydrogen (secondary N) is 1. The number of anilines is 1. The van der Waals surface area contributed by atoms with E-state index >= 15 is 0 Å². The van der Waals surface area contributed by atoms with Gasteiger partial charge >= 0.3 is 12.1 Å². The van der Waals surface area contributed by atoms with Gasteiger partial charge in [-0.3, -0.25) is 0 Å². The SMILES string of the molecule is CCOC(=O)c1c(C)nc(SC)nc1N1CCC[C@@H](NC(=O)OC(C)(C)C)C1. The van der Waals surface area contributed by atoms with Crippen LogP contribution in [0.4, 0.5) is 10.6 Å². The molecule has 0 aliphatic carbocycles. The molecule has 9 heteroatoms. The monoisotopic (exact) mass is 410 g/mol. The van der Waals surface area contributed by atoms with Gasteiger partial charge in [-0.1, -0.05) is 11.8 Å². The summed E-state index contributed by atoms with van der Waals surface area (Å²) in [5.74, 6) is 0.135. The zero-order valence-electron chi connectivity index (χ0n) is 17.5. The molecule has 1 aromatic heterocycles. The average molecular weight is 411 g/mol. The maximum Gasteiger partial charge on any atom is 0.407 e. The van der Waals surface area contributed by atoms with Crippen molar-refractivity contribution in [2.45, 2.75) is 64.3 Å².